The largest absolute Gasteiger partial charge is 0.337 e. The molecule has 0 atom stereocenters. The van der Waals surface area contributed by atoms with E-state index in [0.29, 0.717) is 36.7 Å². The predicted molar refractivity (Wildman–Crippen MR) is 104 cm³/mol. The molecule has 0 aliphatic carbocycles. The molecule has 140 valence electrons. The molecule has 2 N–H and O–H groups in total. The Morgan fingerprint density at radius 3 is 2.43 bits per heavy atom. The van der Waals surface area contributed by atoms with Crippen LogP contribution < -0.4 is 10.9 Å². The van der Waals surface area contributed by atoms with Crippen molar-refractivity contribution >= 4 is 28.3 Å². The molecule has 0 radical (unpaired) electrons. The first-order valence-electron chi connectivity index (χ1n) is 9.28. The van der Waals surface area contributed by atoms with Crippen LogP contribution in [0, 0.1) is 0 Å². The van der Waals surface area contributed by atoms with Crippen molar-refractivity contribution in [3.8, 4) is 0 Å². The van der Waals surface area contributed by atoms with Crippen LogP contribution >= 0.6 is 0 Å². The highest BCUT2D eigenvalue weighted by Gasteiger charge is 2.48. The summed E-state index contributed by atoms with van der Waals surface area (Å²) < 4.78 is 0. The molecule has 1 fully saturated rings. The van der Waals surface area contributed by atoms with Crippen LogP contribution in [0.4, 0.5) is 5.69 Å². The smallest absolute Gasteiger partial charge is 0.274 e. The number of piperidine rings is 1. The van der Waals surface area contributed by atoms with Gasteiger partial charge in [-0.2, -0.15) is 5.10 Å². The molecule has 5 rings (SSSR count). The highest BCUT2D eigenvalue weighted by atomic mass is 16.2. The second-order valence-electron chi connectivity index (χ2n) is 7.32. The van der Waals surface area contributed by atoms with Gasteiger partial charge < -0.3 is 10.2 Å². The van der Waals surface area contributed by atoms with Gasteiger partial charge in [0.2, 0.25) is 5.91 Å². The lowest BCUT2D eigenvalue weighted by Gasteiger charge is -2.37. The van der Waals surface area contributed by atoms with Crippen molar-refractivity contribution in [3.05, 3.63) is 70.1 Å². The summed E-state index contributed by atoms with van der Waals surface area (Å²) in [5.41, 5.74) is 1.22. The van der Waals surface area contributed by atoms with Gasteiger partial charge in [-0.1, -0.05) is 36.4 Å². The van der Waals surface area contributed by atoms with Crippen LogP contribution in [0.1, 0.15) is 28.9 Å². The first kappa shape index (κ1) is 16.7. The van der Waals surface area contributed by atoms with E-state index in [4.69, 9.17) is 0 Å². The van der Waals surface area contributed by atoms with Crippen LogP contribution in [-0.4, -0.2) is 40.0 Å². The summed E-state index contributed by atoms with van der Waals surface area (Å²) in [6.07, 6.45) is 1.12. The van der Waals surface area contributed by atoms with Crippen molar-refractivity contribution in [3.63, 3.8) is 0 Å². The van der Waals surface area contributed by atoms with E-state index < -0.39 is 5.41 Å². The highest BCUT2D eigenvalue weighted by Crippen LogP contribution is 2.44. The molecule has 0 unspecified atom stereocenters. The number of para-hydroxylation sites is 1. The Morgan fingerprint density at radius 2 is 1.64 bits per heavy atom. The molecule has 0 bridgehead atoms. The SMILES string of the molecule is O=C(c1n[nH]c(=O)c2ccccc12)N1CCC2(CC1)C(=O)Nc1ccccc12. The summed E-state index contributed by atoms with van der Waals surface area (Å²) in [6.45, 7) is 0.908. The molecule has 2 aliphatic rings. The molecular formula is C21H18N4O3. The number of likely N-dealkylation sites (tertiary alicyclic amines) is 1. The van der Waals surface area contributed by atoms with Gasteiger partial charge in [0, 0.05) is 24.2 Å². The average molecular weight is 374 g/mol. The Balaban J connectivity index is 1.44. The molecule has 0 saturated carbocycles. The lowest BCUT2D eigenvalue weighted by molar-refractivity contribution is -0.122. The van der Waals surface area contributed by atoms with Crippen LogP contribution in [0.15, 0.2) is 53.3 Å². The van der Waals surface area contributed by atoms with E-state index >= 15 is 0 Å². The summed E-state index contributed by atoms with van der Waals surface area (Å²) >= 11 is 0. The van der Waals surface area contributed by atoms with Crippen molar-refractivity contribution in [1.82, 2.24) is 15.1 Å². The van der Waals surface area contributed by atoms with E-state index in [1.165, 1.54) is 0 Å². The lowest BCUT2D eigenvalue weighted by atomic mass is 9.73. The molecule has 7 nitrogen and oxygen atoms in total. The zero-order valence-corrected chi connectivity index (χ0v) is 15.1. The summed E-state index contributed by atoms with van der Waals surface area (Å²) in [5.74, 6) is -0.220. The third kappa shape index (κ3) is 2.29. The van der Waals surface area contributed by atoms with Gasteiger partial charge in [-0.05, 0) is 30.5 Å². The van der Waals surface area contributed by atoms with E-state index in [0.717, 1.165) is 11.3 Å². The summed E-state index contributed by atoms with van der Waals surface area (Å²) in [6, 6.07) is 14.7. The van der Waals surface area contributed by atoms with Crippen LogP contribution in [0.3, 0.4) is 0 Å². The van der Waals surface area contributed by atoms with Crippen molar-refractivity contribution in [2.45, 2.75) is 18.3 Å². The van der Waals surface area contributed by atoms with Crippen molar-refractivity contribution in [1.29, 1.82) is 0 Å². The van der Waals surface area contributed by atoms with Crippen LogP contribution in [0.2, 0.25) is 0 Å². The monoisotopic (exact) mass is 374 g/mol. The third-order valence-electron chi connectivity index (χ3n) is 5.93. The fourth-order valence-electron chi connectivity index (χ4n) is 4.39. The topological polar surface area (TPSA) is 95.2 Å². The standard InChI is InChI=1S/C21H18N4O3/c26-18-14-6-2-1-5-13(14)17(23-24-18)19(27)25-11-9-21(10-12-25)15-7-3-4-8-16(15)22-20(21)28/h1-8H,9-12H2,(H,22,28)(H,24,26). The number of carbonyl (C=O) groups excluding carboxylic acids is 2. The fraction of sp³-hybridized carbons (Fsp3) is 0.238. The molecule has 2 aromatic carbocycles. The molecule has 2 aliphatic heterocycles. The minimum atomic E-state index is -0.576. The Labute approximate surface area is 160 Å². The number of aromatic nitrogens is 2. The minimum absolute atomic E-state index is 0.00779. The number of nitrogens with one attached hydrogen (secondary N) is 2. The molecule has 28 heavy (non-hydrogen) atoms. The number of carbonyl (C=O) groups is 2. The number of rotatable bonds is 1. The van der Waals surface area contributed by atoms with Crippen molar-refractivity contribution in [2.24, 2.45) is 0 Å². The number of anilines is 1. The zero-order chi connectivity index (χ0) is 19.3. The highest BCUT2D eigenvalue weighted by molar-refractivity contribution is 6.07. The van der Waals surface area contributed by atoms with Gasteiger partial charge in [0.1, 0.15) is 0 Å². The van der Waals surface area contributed by atoms with E-state index in [1.54, 1.807) is 29.2 Å². The summed E-state index contributed by atoms with van der Waals surface area (Å²) in [5, 5.41) is 10.4. The lowest BCUT2D eigenvalue weighted by Crippen LogP contribution is -2.48. The maximum atomic E-state index is 13.1. The van der Waals surface area contributed by atoms with Crippen molar-refractivity contribution < 1.29 is 9.59 Å². The Kier molecular flexibility index (Phi) is 3.58. The predicted octanol–water partition coefficient (Wildman–Crippen LogP) is 2.05. The molecule has 3 heterocycles. The zero-order valence-electron chi connectivity index (χ0n) is 15.1. The first-order valence-corrected chi connectivity index (χ1v) is 9.28. The molecule has 1 spiro atoms. The van der Waals surface area contributed by atoms with E-state index in [9.17, 15) is 14.4 Å². The molecule has 7 heteroatoms. The molecular weight excluding hydrogens is 356 g/mol. The maximum absolute atomic E-state index is 13.1. The number of amides is 2. The van der Waals surface area contributed by atoms with E-state index in [2.05, 4.69) is 15.5 Å². The van der Waals surface area contributed by atoms with E-state index in [-0.39, 0.29) is 23.1 Å². The molecule has 2 amide bonds. The minimum Gasteiger partial charge on any atom is -0.337 e. The second kappa shape index (κ2) is 6.02. The summed E-state index contributed by atoms with van der Waals surface area (Å²) in [7, 11) is 0. The number of H-pyrrole nitrogens is 1. The van der Waals surface area contributed by atoms with Gasteiger partial charge in [0.15, 0.2) is 5.69 Å². The Bertz CT molecular complexity index is 1180. The van der Waals surface area contributed by atoms with Gasteiger partial charge in [0.25, 0.3) is 11.5 Å². The fourth-order valence-corrected chi connectivity index (χ4v) is 4.39. The Hall–Kier alpha value is -3.48. The van der Waals surface area contributed by atoms with Crippen LogP contribution in [0.5, 0.6) is 0 Å². The quantitative estimate of drug-likeness (QED) is 0.681. The number of hydrogen-bond donors (Lipinski definition) is 2. The number of benzene rings is 2. The first-order chi connectivity index (χ1) is 13.6. The number of aromatic amines is 1. The van der Waals surface area contributed by atoms with Gasteiger partial charge in [-0.25, -0.2) is 5.10 Å². The van der Waals surface area contributed by atoms with Gasteiger partial charge in [-0.15, -0.1) is 0 Å². The average Bonchev–Trinajstić information content (AvgIpc) is 3.00. The maximum Gasteiger partial charge on any atom is 0.274 e. The Morgan fingerprint density at radius 1 is 0.964 bits per heavy atom. The molecule has 1 aromatic heterocycles. The number of nitrogens with zero attached hydrogens (tertiary/aromatic N) is 2. The molecule has 3 aromatic rings. The third-order valence-corrected chi connectivity index (χ3v) is 5.93. The van der Waals surface area contributed by atoms with Gasteiger partial charge in [-0.3, -0.25) is 14.4 Å². The molecule has 1 saturated heterocycles. The number of fused-ring (bicyclic) bond motifs is 3. The van der Waals surface area contributed by atoms with Crippen LogP contribution in [0.25, 0.3) is 10.8 Å². The summed E-state index contributed by atoms with van der Waals surface area (Å²) in [4.78, 5) is 39.5. The van der Waals surface area contributed by atoms with Gasteiger partial charge >= 0.3 is 0 Å². The normalized spacial score (nSPS) is 17.6. The van der Waals surface area contributed by atoms with Crippen LogP contribution in [-0.2, 0) is 10.2 Å². The van der Waals surface area contributed by atoms with Gasteiger partial charge in [0.05, 0.1) is 10.8 Å². The van der Waals surface area contributed by atoms with Crippen molar-refractivity contribution in [2.75, 3.05) is 18.4 Å². The second-order valence-corrected chi connectivity index (χ2v) is 7.32. The van der Waals surface area contributed by atoms with E-state index in [1.807, 2.05) is 24.3 Å². The number of hydrogen-bond acceptors (Lipinski definition) is 4.